The lowest BCUT2D eigenvalue weighted by molar-refractivity contribution is 0.670. The Kier molecular flexibility index (Phi) is 9.31. The highest BCUT2D eigenvalue weighted by molar-refractivity contribution is 6.11. The fourth-order valence-corrected chi connectivity index (χ4v) is 10.5. The third-order valence-electron chi connectivity index (χ3n) is 13.7. The standard InChI is InChI=1S/C64H44N2O/c1-2-15-43(16-3-1)48-35-40-53(62(42-48)66-60-27-9-6-22-55(60)56-23-7-10-28-61(56)66)46-33-38-51(39-34-46)65(59-29-13-18-45-17-4-5-21-52(45)59)50-36-31-44(32-37-50)47-19-12-20-49(41-47)54-25-14-26-58-57-24-8-11-30-63(57)67-64(54)58/h1-4,6-20,22-42H,5,21H2. The fourth-order valence-electron chi connectivity index (χ4n) is 10.5. The Bertz CT molecular complexity index is 3800. The number of hydrogen-bond donors (Lipinski definition) is 0. The number of fused-ring (bicyclic) bond motifs is 7. The SMILES string of the molecule is C1=Cc2cccc(N(c3ccc(-c4cccc(-c5cccc6c5oc5ccccc56)c4)cc3)c3ccc(-c4ccc(-c5ccccc5)cc4-n4c5ccccc5c5ccccc54)cc3)c2CC1. The van der Waals surface area contributed by atoms with Crippen LogP contribution in [0.25, 0.3) is 100 Å². The topological polar surface area (TPSA) is 21.3 Å². The highest BCUT2D eigenvalue weighted by Crippen LogP contribution is 2.44. The van der Waals surface area contributed by atoms with Crippen molar-refractivity contribution in [3.8, 4) is 50.2 Å². The summed E-state index contributed by atoms with van der Waals surface area (Å²) in [6.07, 6.45) is 6.59. The van der Waals surface area contributed by atoms with Gasteiger partial charge in [-0.3, -0.25) is 0 Å². The molecular formula is C64H44N2O. The molecule has 10 aromatic carbocycles. The second-order valence-electron chi connectivity index (χ2n) is 17.5. The van der Waals surface area contributed by atoms with Crippen molar-refractivity contribution in [1.29, 1.82) is 0 Å². The van der Waals surface area contributed by atoms with Gasteiger partial charge in [-0.1, -0.05) is 182 Å². The van der Waals surface area contributed by atoms with Gasteiger partial charge in [-0.05, 0) is 118 Å². The predicted octanol–water partition coefficient (Wildman–Crippen LogP) is 17.8. The van der Waals surface area contributed by atoms with Gasteiger partial charge in [-0.2, -0.15) is 0 Å². The zero-order valence-electron chi connectivity index (χ0n) is 36.8. The molecule has 0 radical (unpaired) electrons. The van der Waals surface area contributed by atoms with E-state index in [1.807, 2.05) is 12.1 Å². The average Bonchev–Trinajstić information content (AvgIpc) is 3.96. The highest BCUT2D eigenvalue weighted by Gasteiger charge is 2.21. The molecule has 1 aliphatic rings. The van der Waals surface area contributed by atoms with Crippen LogP contribution in [0.1, 0.15) is 17.5 Å². The summed E-state index contributed by atoms with van der Waals surface area (Å²) in [7, 11) is 0. The van der Waals surface area contributed by atoms with Gasteiger partial charge in [-0.25, -0.2) is 0 Å². The Balaban J connectivity index is 0.909. The minimum atomic E-state index is 0.910. The maximum Gasteiger partial charge on any atom is 0.143 e. The van der Waals surface area contributed by atoms with Crippen molar-refractivity contribution in [2.75, 3.05) is 4.90 Å². The summed E-state index contributed by atoms with van der Waals surface area (Å²) >= 11 is 0. The van der Waals surface area contributed by atoms with Crippen LogP contribution in [0, 0.1) is 0 Å². The number of benzene rings is 10. The van der Waals surface area contributed by atoms with Crippen molar-refractivity contribution < 1.29 is 4.42 Å². The van der Waals surface area contributed by atoms with Crippen LogP contribution in [-0.2, 0) is 6.42 Å². The van der Waals surface area contributed by atoms with Gasteiger partial charge in [0.25, 0.3) is 0 Å². The molecule has 316 valence electrons. The maximum atomic E-state index is 6.45. The van der Waals surface area contributed by atoms with E-state index in [4.69, 9.17) is 4.42 Å². The van der Waals surface area contributed by atoms with Gasteiger partial charge in [0, 0.05) is 49.7 Å². The first-order chi connectivity index (χ1) is 33.2. The van der Waals surface area contributed by atoms with Crippen LogP contribution in [-0.4, -0.2) is 4.57 Å². The fraction of sp³-hybridized carbons (Fsp3) is 0.0312. The molecule has 3 heteroatoms. The van der Waals surface area contributed by atoms with E-state index in [1.165, 1.54) is 55.3 Å². The highest BCUT2D eigenvalue weighted by atomic mass is 16.3. The molecular weight excluding hydrogens is 813 g/mol. The zero-order valence-corrected chi connectivity index (χ0v) is 36.8. The molecule has 67 heavy (non-hydrogen) atoms. The van der Waals surface area contributed by atoms with Gasteiger partial charge in [0.2, 0.25) is 0 Å². The number of para-hydroxylation sites is 4. The summed E-state index contributed by atoms with van der Waals surface area (Å²) in [6, 6.07) is 83.7. The Morgan fingerprint density at radius 1 is 0.403 bits per heavy atom. The first kappa shape index (κ1) is 38.8. The van der Waals surface area contributed by atoms with E-state index in [9.17, 15) is 0 Å². The van der Waals surface area contributed by atoms with Crippen molar-refractivity contribution in [2.24, 2.45) is 0 Å². The van der Waals surface area contributed by atoms with E-state index >= 15 is 0 Å². The third-order valence-corrected chi connectivity index (χ3v) is 13.7. The van der Waals surface area contributed by atoms with E-state index in [1.54, 1.807) is 0 Å². The van der Waals surface area contributed by atoms with Crippen LogP contribution in [0.2, 0.25) is 0 Å². The van der Waals surface area contributed by atoms with E-state index in [0.29, 0.717) is 0 Å². The number of furan rings is 1. The largest absolute Gasteiger partial charge is 0.455 e. The molecule has 2 heterocycles. The molecule has 12 aromatic rings. The summed E-state index contributed by atoms with van der Waals surface area (Å²) in [6.45, 7) is 0. The summed E-state index contributed by atoms with van der Waals surface area (Å²) in [4.78, 5) is 2.44. The summed E-state index contributed by atoms with van der Waals surface area (Å²) in [5.41, 5.74) is 20.7. The lowest BCUT2D eigenvalue weighted by Crippen LogP contribution is -2.13. The van der Waals surface area contributed by atoms with E-state index in [-0.39, 0.29) is 0 Å². The molecule has 0 unspecified atom stereocenters. The quantitative estimate of drug-likeness (QED) is 0.152. The molecule has 2 aromatic heterocycles. The van der Waals surface area contributed by atoms with Crippen molar-refractivity contribution in [3.63, 3.8) is 0 Å². The van der Waals surface area contributed by atoms with Crippen molar-refractivity contribution >= 4 is 66.9 Å². The van der Waals surface area contributed by atoms with Crippen LogP contribution >= 0.6 is 0 Å². The Morgan fingerprint density at radius 3 is 1.76 bits per heavy atom. The molecule has 0 atom stereocenters. The number of aromatic nitrogens is 1. The minimum Gasteiger partial charge on any atom is -0.455 e. The van der Waals surface area contributed by atoms with Gasteiger partial charge >= 0.3 is 0 Å². The van der Waals surface area contributed by atoms with Crippen LogP contribution in [0.15, 0.2) is 241 Å². The molecule has 0 bridgehead atoms. The third kappa shape index (κ3) is 6.66. The molecule has 0 saturated heterocycles. The monoisotopic (exact) mass is 856 g/mol. The molecule has 0 aliphatic heterocycles. The number of anilines is 3. The smallest absolute Gasteiger partial charge is 0.143 e. The second kappa shape index (κ2) is 16.1. The van der Waals surface area contributed by atoms with Gasteiger partial charge < -0.3 is 13.9 Å². The lowest BCUT2D eigenvalue weighted by atomic mass is 9.94. The Labute approximate surface area is 389 Å². The van der Waals surface area contributed by atoms with Crippen molar-refractivity contribution in [1.82, 2.24) is 4.57 Å². The van der Waals surface area contributed by atoms with E-state index in [2.05, 4.69) is 240 Å². The van der Waals surface area contributed by atoms with Gasteiger partial charge in [0.1, 0.15) is 11.2 Å². The molecule has 0 amide bonds. The Morgan fingerprint density at radius 2 is 0.985 bits per heavy atom. The summed E-state index contributed by atoms with van der Waals surface area (Å²) in [5, 5.41) is 4.78. The summed E-state index contributed by atoms with van der Waals surface area (Å²) < 4.78 is 8.90. The molecule has 0 spiro atoms. The molecule has 1 aliphatic carbocycles. The number of nitrogens with zero attached hydrogens (tertiary/aromatic N) is 2. The zero-order chi connectivity index (χ0) is 44.3. The van der Waals surface area contributed by atoms with Crippen molar-refractivity contribution in [2.45, 2.75) is 12.8 Å². The maximum absolute atomic E-state index is 6.45. The molecule has 0 saturated carbocycles. The number of rotatable bonds is 8. The lowest BCUT2D eigenvalue weighted by Gasteiger charge is -2.29. The van der Waals surface area contributed by atoms with Gasteiger partial charge in [0.15, 0.2) is 0 Å². The first-order valence-corrected chi connectivity index (χ1v) is 23.2. The van der Waals surface area contributed by atoms with Crippen LogP contribution in [0.5, 0.6) is 0 Å². The minimum absolute atomic E-state index is 0.910. The van der Waals surface area contributed by atoms with Gasteiger partial charge in [-0.15, -0.1) is 0 Å². The van der Waals surface area contributed by atoms with Crippen LogP contribution in [0.3, 0.4) is 0 Å². The number of allylic oxidation sites excluding steroid dienone is 1. The van der Waals surface area contributed by atoms with Crippen molar-refractivity contribution in [3.05, 3.63) is 248 Å². The Hall–Kier alpha value is -8.66. The average molecular weight is 857 g/mol. The van der Waals surface area contributed by atoms with Crippen LogP contribution < -0.4 is 4.90 Å². The first-order valence-electron chi connectivity index (χ1n) is 23.2. The molecule has 13 rings (SSSR count). The predicted molar refractivity (Wildman–Crippen MR) is 282 cm³/mol. The molecule has 0 N–H and O–H groups in total. The normalized spacial score (nSPS) is 12.3. The van der Waals surface area contributed by atoms with E-state index in [0.717, 1.165) is 79.7 Å². The summed E-state index contributed by atoms with van der Waals surface area (Å²) in [5.74, 6) is 0. The van der Waals surface area contributed by atoms with Gasteiger partial charge in [0.05, 0.1) is 16.7 Å². The van der Waals surface area contributed by atoms with E-state index < -0.39 is 0 Å². The molecule has 0 fully saturated rings. The molecule has 3 nitrogen and oxygen atoms in total. The second-order valence-corrected chi connectivity index (χ2v) is 17.5. The number of hydrogen-bond acceptors (Lipinski definition) is 2. The van der Waals surface area contributed by atoms with Crippen LogP contribution in [0.4, 0.5) is 17.1 Å².